The number of halogens is 3. The van der Waals surface area contributed by atoms with E-state index in [1.165, 1.54) is 11.3 Å². The van der Waals surface area contributed by atoms with E-state index in [0.29, 0.717) is 30.6 Å². The van der Waals surface area contributed by atoms with Crippen LogP contribution in [-0.2, 0) is 0 Å². The van der Waals surface area contributed by atoms with Crippen molar-refractivity contribution >= 4 is 62.7 Å². The summed E-state index contributed by atoms with van der Waals surface area (Å²) in [5.41, 5.74) is 1.32. The molecule has 2 aromatic carbocycles. The van der Waals surface area contributed by atoms with Gasteiger partial charge in [-0.15, -0.1) is 0 Å². The lowest BCUT2D eigenvalue weighted by Crippen LogP contribution is -1.97. The molecular formula is C16H9Cl3N2OS. The Morgan fingerprint density at radius 3 is 2.43 bits per heavy atom. The summed E-state index contributed by atoms with van der Waals surface area (Å²) < 4.78 is 0. The molecule has 0 saturated carbocycles. The van der Waals surface area contributed by atoms with Gasteiger partial charge < -0.3 is 5.32 Å². The normalized spacial score (nSPS) is 10.6. The van der Waals surface area contributed by atoms with E-state index in [1.807, 2.05) is 0 Å². The summed E-state index contributed by atoms with van der Waals surface area (Å²) in [5, 5.41) is 5.22. The molecule has 7 heteroatoms. The van der Waals surface area contributed by atoms with E-state index in [2.05, 4.69) is 10.3 Å². The molecule has 3 aromatic rings. The third-order valence-corrected chi connectivity index (χ3v) is 4.91. The highest BCUT2D eigenvalue weighted by Gasteiger charge is 2.13. The van der Waals surface area contributed by atoms with Crippen LogP contribution in [0.4, 0.5) is 10.8 Å². The van der Waals surface area contributed by atoms with Crippen LogP contribution in [0, 0.1) is 0 Å². The van der Waals surface area contributed by atoms with Gasteiger partial charge in [0.05, 0.1) is 21.1 Å². The van der Waals surface area contributed by atoms with Crippen molar-refractivity contribution in [3.05, 3.63) is 74.2 Å². The fourth-order valence-corrected chi connectivity index (χ4v) is 3.10. The van der Waals surface area contributed by atoms with Crippen LogP contribution in [0.1, 0.15) is 15.2 Å². The number of nitrogens with one attached hydrogen (secondary N) is 1. The van der Waals surface area contributed by atoms with E-state index in [0.717, 1.165) is 5.69 Å². The predicted octanol–water partition coefficient (Wildman–Crippen LogP) is 6.08. The SMILES string of the molecule is O=C(c1ccc(Cl)cc1)c1cnc(Nc2ccc(Cl)c(Cl)c2)s1. The third kappa shape index (κ3) is 3.85. The molecule has 1 heterocycles. The standard InChI is InChI=1S/C16H9Cl3N2OS/c17-10-3-1-9(2-4-10)15(22)14-8-20-16(23-14)21-11-5-6-12(18)13(19)7-11/h1-8H,(H,20,21). The first-order valence-corrected chi connectivity index (χ1v) is 8.46. The molecule has 23 heavy (non-hydrogen) atoms. The van der Waals surface area contributed by atoms with Crippen molar-refractivity contribution in [2.24, 2.45) is 0 Å². The highest BCUT2D eigenvalue weighted by molar-refractivity contribution is 7.17. The lowest BCUT2D eigenvalue weighted by atomic mass is 10.1. The number of carbonyl (C=O) groups excluding carboxylic acids is 1. The minimum absolute atomic E-state index is 0.0960. The molecule has 1 N–H and O–H groups in total. The summed E-state index contributed by atoms with van der Waals surface area (Å²) in [6.45, 7) is 0. The Balaban J connectivity index is 1.78. The van der Waals surface area contributed by atoms with E-state index in [9.17, 15) is 4.79 Å². The molecule has 0 fully saturated rings. The number of ketones is 1. The van der Waals surface area contributed by atoms with E-state index in [-0.39, 0.29) is 5.78 Å². The second-order valence-electron chi connectivity index (χ2n) is 4.62. The molecule has 0 spiro atoms. The van der Waals surface area contributed by atoms with Crippen LogP contribution in [0.25, 0.3) is 0 Å². The largest absolute Gasteiger partial charge is 0.331 e. The molecule has 0 amide bonds. The number of rotatable bonds is 4. The summed E-state index contributed by atoms with van der Waals surface area (Å²) in [6, 6.07) is 11.9. The van der Waals surface area contributed by atoms with E-state index in [1.54, 1.807) is 48.7 Å². The van der Waals surface area contributed by atoms with Crippen LogP contribution in [0.2, 0.25) is 15.1 Å². The second-order valence-corrected chi connectivity index (χ2v) is 6.90. The van der Waals surface area contributed by atoms with Gasteiger partial charge in [-0.25, -0.2) is 4.98 Å². The smallest absolute Gasteiger partial charge is 0.204 e. The van der Waals surface area contributed by atoms with Gasteiger partial charge in [0, 0.05) is 16.3 Å². The van der Waals surface area contributed by atoms with Crippen molar-refractivity contribution < 1.29 is 4.79 Å². The molecule has 116 valence electrons. The van der Waals surface area contributed by atoms with Crippen LogP contribution >= 0.6 is 46.1 Å². The first-order chi connectivity index (χ1) is 11.0. The van der Waals surface area contributed by atoms with E-state index < -0.39 is 0 Å². The topological polar surface area (TPSA) is 42.0 Å². The van der Waals surface area contributed by atoms with Gasteiger partial charge in [-0.1, -0.05) is 46.1 Å². The molecule has 3 nitrogen and oxygen atoms in total. The van der Waals surface area contributed by atoms with Gasteiger partial charge in [0.15, 0.2) is 5.13 Å². The zero-order valence-electron chi connectivity index (χ0n) is 11.5. The first-order valence-electron chi connectivity index (χ1n) is 6.51. The summed E-state index contributed by atoms with van der Waals surface area (Å²) in [6.07, 6.45) is 1.54. The fraction of sp³-hybridized carbons (Fsp3) is 0. The number of carbonyl (C=O) groups is 1. The number of benzene rings is 2. The van der Waals surface area contributed by atoms with E-state index >= 15 is 0 Å². The molecule has 0 saturated heterocycles. The minimum Gasteiger partial charge on any atom is -0.331 e. The maximum atomic E-state index is 12.4. The van der Waals surface area contributed by atoms with Gasteiger partial charge in [-0.3, -0.25) is 4.79 Å². The van der Waals surface area contributed by atoms with Crippen molar-refractivity contribution in [1.82, 2.24) is 4.98 Å². The molecule has 0 radical (unpaired) electrons. The zero-order chi connectivity index (χ0) is 16.4. The third-order valence-electron chi connectivity index (χ3n) is 3.01. The second kappa shape index (κ2) is 6.89. The molecule has 0 bridgehead atoms. The molecule has 0 aliphatic carbocycles. The van der Waals surface area contributed by atoms with Gasteiger partial charge in [0.25, 0.3) is 0 Å². The summed E-state index contributed by atoms with van der Waals surface area (Å²) >= 11 is 18.9. The highest BCUT2D eigenvalue weighted by Crippen LogP contribution is 2.29. The Kier molecular flexibility index (Phi) is 4.87. The quantitative estimate of drug-likeness (QED) is 0.555. The Bertz CT molecular complexity index is 862. The lowest BCUT2D eigenvalue weighted by Gasteiger charge is -2.03. The first kappa shape index (κ1) is 16.3. The van der Waals surface area contributed by atoms with Crippen molar-refractivity contribution in [3.63, 3.8) is 0 Å². The Morgan fingerprint density at radius 2 is 1.74 bits per heavy atom. The average molecular weight is 384 g/mol. The van der Waals surface area contributed by atoms with Crippen LogP contribution in [0.3, 0.4) is 0 Å². The predicted molar refractivity (Wildman–Crippen MR) is 96.7 cm³/mol. The minimum atomic E-state index is -0.0960. The maximum absolute atomic E-state index is 12.4. The Hall–Kier alpha value is -1.59. The lowest BCUT2D eigenvalue weighted by molar-refractivity contribution is 0.104. The van der Waals surface area contributed by atoms with Crippen molar-refractivity contribution in [3.8, 4) is 0 Å². The number of anilines is 2. The van der Waals surface area contributed by atoms with Crippen LogP contribution in [0.15, 0.2) is 48.7 Å². The van der Waals surface area contributed by atoms with E-state index in [4.69, 9.17) is 34.8 Å². The van der Waals surface area contributed by atoms with Gasteiger partial charge in [-0.2, -0.15) is 0 Å². The maximum Gasteiger partial charge on any atom is 0.204 e. The molecule has 0 atom stereocenters. The number of hydrogen-bond acceptors (Lipinski definition) is 4. The van der Waals surface area contributed by atoms with Crippen LogP contribution < -0.4 is 5.32 Å². The molecule has 0 aliphatic rings. The molecule has 0 unspecified atom stereocenters. The molecule has 0 aliphatic heterocycles. The Labute approximate surface area is 151 Å². The summed E-state index contributed by atoms with van der Waals surface area (Å²) in [5.74, 6) is -0.0960. The van der Waals surface area contributed by atoms with Crippen molar-refractivity contribution in [2.75, 3.05) is 5.32 Å². The van der Waals surface area contributed by atoms with Crippen molar-refractivity contribution in [2.45, 2.75) is 0 Å². The number of thiazole rings is 1. The molecular weight excluding hydrogens is 375 g/mol. The van der Waals surface area contributed by atoms with Crippen LogP contribution in [0.5, 0.6) is 0 Å². The summed E-state index contributed by atoms with van der Waals surface area (Å²) in [4.78, 5) is 17.1. The van der Waals surface area contributed by atoms with Crippen LogP contribution in [-0.4, -0.2) is 10.8 Å². The fourth-order valence-electron chi connectivity index (χ4n) is 1.88. The van der Waals surface area contributed by atoms with Gasteiger partial charge in [0.1, 0.15) is 0 Å². The number of nitrogens with zero attached hydrogens (tertiary/aromatic N) is 1. The molecule has 3 rings (SSSR count). The zero-order valence-corrected chi connectivity index (χ0v) is 14.6. The highest BCUT2D eigenvalue weighted by atomic mass is 35.5. The number of hydrogen-bond donors (Lipinski definition) is 1. The van der Waals surface area contributed by atoms with Gasteiger partial charge >= 0.3 is 0 Å². The molecule has 1 aromatic heterocycles. The number of aromatic nitrogens is 1. The monoisotopic (exact) mass is 382 g/mol. The Morgan fingerprint density at radius 1 is 1.00 bits per heavy atom. The van der Waals surface area contributed by atoms with Crippen molar-refractivity contribution in [1.29, 1.82) is 0 Å². The van der Waals surface area contributed by atoms with Gasteiger partial charge in [-0.05, 0) is 42.5 Å². The van der Waals surface area contributed by atoms with Gasteiger partial charge in [0.2, 0.25) is 5.78 Å². The average Bonchev–Trinajstić information content (AvgIpc) is 2.99. The summed E-state index contributed by atoms with van der Waals surface area (Å²) in [7, 11) is 0.